The van der Waals surface area contributed by atoms with E-state index in [0.29, 0.717) is 12.2 Å². The van der Waals surface area contributed by atoms with Crippen LogP contribution in [0, 0.1) is 0 Å². The molecule has 0 aliphatic rings. The summed E-state index contributed by atoms with van der Waals surface area (Å²) in [6.07, 6.45) is 1.52. The maximum Gasteiger partial charge on any atom is 0.161 e. The predicted molar refractivity (Wildman–Crippen MR) is 58.5 cm³/mol. The SMILES string of the molecule is COCCC(=O)/C=C(\O)c1ccccc1. The molecule has 0 unspecified atom stereocenters. The molecular weight excluding hydrogens is 192 g/mol. The highest BCUT2D eigenvalue weighted by atomic mass is 16.5. The summed E-state index contributed by atoms with van der Waals surface area (Å²) in [4.78, 5) is 11.3. The van der Waals surface area contributed by atoms with E-state index in [4.69, 9.17) is 4.74 Å². The van der Waals surface area contributed by atoms with Crippen LogP contribution in [0.2, 0.25) is 0 Å². The molecule has 0 spiro atoms. The van der Waals surface area contributed by atoms with E-state index in [1.54, 1.807) is 24.3 Å². The van der Waals surface area contributed by atoms with Crippen LogP contribution in [0.5, 0.6) is 0 Å². The molecule has 1 N–H and O–H groups in total. The Bertz CT molecular complexity index is 341. The molecule has 3 nitrogen and oxygen atoms in total. The standard InChI is InChI=1S/C12H14O3/c1-15-8-7-11(13)9-12(14)10-5-3-2-4-6-10/h2-6,9,14H,7-8H2,1H3/b12-9-. The van der Waals surface area contributed by atoms with Gasteiger partial charge in [0.15, 0.2) is 5.78 Å². The average Bonchev–Trinajstić information content (AvgIpc) is 2.27. The molecule has 0 saturated heterocycles. The van der Waals surface area contributed by atoms with Crippen molar-refractivity contribution in [3.8, 4) is 0 Å². The zero-order chi connectivity index (χ0) is 11.1. The van der Waals surface area contributed by atoms with E-state index in [0.717, 1.165) is 0 Å². The number of hydrogen-bond acceptors (Lipinski definition) is 3. The van der Waals surface area contributed by atoms with Crippen molar-refractivity contribution in [3.63, 3.8) is 0 Å². The molecule has 15 heavy (non-hydrogen) atoms. The summed E-state index contributed by atoms with van der Waals surface area (Å²) in [6.45, 7) is 0.372. The first-order valence-electron chi connectivity index (χ1n) is 4.72. The van der Waals surface area contributed by atoms with Crippen molar-refractivity contribution in [2.24, 2.45) is 0 Å². The van der Waals surface area contributed by atoms with Crippen LogP contribution in [0.15, 0.2) is 36.4 Å². The first-order valence-corrected chi connectivity index (χ1v) is 4.72. The van der Waals surface area contributed by atoms with E-state index in [-0.39, 0.29) is 18.0 Å². The highest BCUT2D eigenvalue weighted by molar-refractivity contribution is 5.95. The van der Waals surface area contributed by atoms with Gasteiger partial charge < -0.3 is 9.84 Å². The summed E-state index contributed by atoms with van der Waals surface area (Å²) in [5.74, 6) is -0.144. The maximum atomic E-state index is 11.3. The van der Waals surface area contributed by atoms with Gasteiger partial charge in [0.1, 0.15) is 5.76 Å². The average molecular weight is 206 g/mol. The number of carbonyl (C=O) groups excluding carboxylic acids is 1. The minimum Gasteiger partial charge on any atom is -0.507 e. The van der Waals surface area contributed by atoms with Crippen LogP contribution < -0.4 is 0 Å². The molecule has 1 aromatic carbocycles. The third-order valence-corrected chi connectivity index (χ3v) is 1.92. The third kappa shape index (κ3) is 3.95. The van der Waals surface area contributed by atoms with Crippen molar-refractivity contribution >= 4 is 11.5 Å². The molecule has 0 bridgehead atoms. The number of ketones is 1. The smallest absolute Gasteiger partial charge is 0.161 e. The zero-order valence-electron chi connectivity index (χ0n) is 8.64. The topological polar surface area (TPSA) is 46.5 Å². The number of rotatable bonds is 5. The molecule has 80 valence electrons. The monoisotopic (exact) mass is 206 g/mol. The minimum atomic E-state index is -0.141. The second kappa shape index (κ2) is 5.98. The van der Waals surface area contributed by atoms with Gasteiger partial charge in [-0.15, -0.1) is 0 Å². The highest BCUT2D eigenvalue weighted by Crippen LogP contribution is 2.10. The number of ether oxygens (including phenoxy) is 1. The zero-order valence-corrected chi connectivity index (χ0v) is 8.64. The van der Waals surface area contributed by atoms with Gasteiger partial charge in [-0.1, -0.05) is 30.3 Å². The lowest BCUT2D eigenvalue weighted by molar-refractivity contribution is -0.115. The van der Waals surface area contributed by atoms with E-state index < -0.39 is 0 Å². The summed E-state index contributed by atoms with van der Waals surface area (Å²) >= 11 is 0. The molecule has 0 saturated carbocycles. The normalized spacial score (nSPS) is 11.4. The molecule has 0 amide bonds. The van der Waals surface area contributed by atoms with Gasteiger partial charge in [0.05, 0.1) is 6.61 Å². The number of hydrogen-bond donors (Lipinski definition) is 1. The summed E-state index contributed by atoms with van der Waals surface area (Å²) in [6, 6.07) is 8.95. The van der Waals surface area contributed by atoms with E-state index in [2.05, 4.69) is 0 Å². The Morgan fingerprint density at radius 2 is 2.07 bits per heavy atom. The third-order valence-electron chi connectivity index (χ3n) is 1.92. The van der Waals surface area contributed by atoms with Crippen molar-refractivity contribution in [1.82, 2.24) is 0 Å². The first-order chi connectivity index (χ1) is 7.24. The lowest BCUT2D eigenvalue weighted by atomic mass is 10.1. The largest absolute Gasteiger partial charge is 0.507 e. The molecule has 0 heterocycles. The molecule has 1 rings (SSSR count). The molecule has 0 radical (unpaired) electrons. The lowest BCUT2D eigenvalue weighted by Crippen LogP contribution is -2.00. The summed E-state index contributed by atoms with van der Waals surface area (Å²) in [7, 11) is 1.54. The van der Waals surface area contributed by atoms with Gasteiger partial charge in [0.2, 0.25) is 0 Å². The van der Waals surface area contributed by atoms with E-state index in [1.807, 2.05) is 6.07 Å². The molecule has 0 aliphatic carbocycles. The number of methoxy groups -OCH3 is 1. The van der Waals surface area contributed by atoms with Gasteiger partial charge in [0, 0.05) is 25.2 Å². The number of allylic oxidation sites excluding steroid dienone is 1. The number of aliphatic hydroxyl groups excluding tert-OH is 1. The van der Waals surface area contributed by atoms with Crippen LogP contribution in [0.25, 0.3) is 5.76 Å². The Hall–Kier alpha value is -1.61. The van der Waals surface area contributed by atoms with Crippen LogP contribution in [0.3, 0.4) is 0 Å². The van der Waals surface area contributed by atoms with Gasteiger partial charge in [-0.2, -0.15) is 0 Å². The van der Waals surface area contributed by atoms with Gasteiger partial charge in [0.25, 0.3) is 0 Å². The molecule has 0 aliphatic heterocycles. The Balaban J connectivity index is 2.64. The Kier molecular flexibility index (Phi) is 4.57. The van der Waals surface area contributed by atoms with Crippen molar-refractivity contribution in [2.45, 2.75) is 6.42 Å². The fourth-order valence-electron chi connectivity index (χ4n) is 1.12. The van der Waals surface area contributed by atoms with Crippen molar-refractivity contribution in [1.29, 1.82) is 0 Å². The Morgan fingerprint density at radius 1 is 1.40 bits per heavy atom. The van der Waals surface area contributed by atoms with Crippen LogP contribution in [-0.2, 0) is 9.53 Å². The lowest BCUT2D eigenvalue weighted by Gasteiger charge is -1.99. The van der Waals surface area contributed by atoms with Crippen LogP contribution in [-0.4, -0.2) is 24.6 Å². The second-order valence-electron chi connectivity index (χ2n) is 3.10. The van der Waals surface area contributed by atoms with Crippen LogP contribution in [0.1, 0.15) is 12.0 Å². The van der Waals surface area contributed by atoms with Crippen molar-refractivity contribution in [2.75, 3.05) is 13.7 Å². The maximum absolute atomic E-state index is 11.3. The van der Waals surface area contributed by atoms with E-state index >= 15 is 0 Å². The molecule has 3 heteroatoms. The van der Waals surface area contributed by atoms with Gasteiger partial charge in [-0.3, -0.25) is 4.79 Å². The fraction of sp³-hybridized carbons (Fsp3) is 0.250. The number of benzene rings is 1. The Labute approximate surface area is 89.0 Å². The van der Waals surface area contributed by atoms with Gasteiger partial charge >= 0.3 is 0 Å². The van der Waals surface area contributed by atoms with Crippen LogP contribution in [0.4, 0.5) is 0 Å². The summed E-state index contributed by atoms with van der Waals surface area (Å²) in [5, 5.41) is 9.59. The Morgan fingerprint density at radius 3 is 2.67 bits per heavy atom. The number of carbonyl (C=O) groups is 1. The van der Waals surface area contributed by atoms with Gasteiger partial charge in [-0.05, 0) is 0 Å². The quantitative estimate of drug-likeness (QED) is 0.593. The first kappa shape index (κ1) is 11.5. The van der Waals surface area contributed by atoms with Crippen LogP contribution >= 0.6 is 0 Å². The molecule has 1 aromatic rings. The predicted octanol–water partition coefficient (Wildman–Crippen LogP) is 2.19. The highest BCUT2D eigenvalue weighted by Gasteiger charge is 2.02. The van der Waals surface area contributed by atoms with E-state index in [9.17, 15) is 9.90 Å². The second-order valence-corrected chi connectivity index (χ2v) is 3.10. The molecule has 0 aromatic heterocycles. The fourth-order valence-corrected chi connectivity index (χ4v) is 1.12. The van der Waals surface area contributed by atoms with Crippen molar-refractivity contribution in [3.05, 3.63) is 42.0 Å². The molecular formula is C12H14O3. The minimum absolute atomic E-state index is 0.00305. The molecule has 0 atom stereocenters. The van der Waals surface area contributed by atoms with E-state index in [1.165, 1.54) is 13.2 Å². The summed E-state index contributed by atoms with van der Waals surface area (Å²) in [5.41, 5.74) is 0.642. The van der Waals surface area contributed by atoms with Gasteiger partial charge in [-0.25, -0.2) is 0 Å². The molecule has 0 fully saturated rings. The van der Waals surface area contributed by atoms with Crippen molar-refractivity contribution < 1.29 is 14.6 Å². The number of aliphatic hydroxyl groups is 1. The summed E-state index contributed by atoms with van der Waals surface area (Å²) < 4.78 is 4.77.